The van der Waals surface area contributed by atoms with E-state index in [1.807, 2.05) is 30.3 Å². The van der Waals surface area contributed by atoms with Gasteiger partial charge in [-0.15, -0.1) is 0 Å². The normalized spacial score (nSPS) is 11.4. The summed E-state index contributed by atoms with van der Waals surface area (Å²) >= 11 is 0. The molecule has 0 aliphatic rings. The molecular weight excluding hydrogens is 169 g/mol. The van der Waals surface area contributed by atoms with Gasteiger partial charge < -0.3 is 10.5 Å². The molecule has 0 heterocycles. The highest BCUT2D eigenvalue weighted by Gasteiger charge is 1.96. The Labute approximate surface area is 76.8 Å². The van der Waals surface area contributed by atoms with Crippen LogP contribution in [0.25, 0.3) is 0 Å². The van der Waals surface area contributed by atoms with E-state index in [4.69, 9.17) is 10.5 Å². The van der Waals surface area contributed by atoms with Gasteiger partial charge in [-0.1, -0.05) is 18.2 Å². The molecule has 0 spiro atoms. The number of benzene rings is 1. The lowest BCUT2D eigenvalue weighted by Crippen LogP contribution is -2.10. The lowest BCUT2D eigenvalue weighted by molar-refractivity contribution is 0.347. The Balaban J connectivity index is 2.43. The lowest BCUT2D eigenvalue weighted by Gasteiger charge is -2.05. The van der Waals surface area contributed by atoms with Crippen LogP contribution in [0.1, 0.15) is 0 Å². The summed E-state index contributed by atoms with van der Waals surface area (Å²) < 4.78 is 17.3. The quantitative estimate of drug-likeness (QED) is 0.769. The first kappa shape index (κ1) is 9.74. The SMILES string of the molecule is NC/C(=C/F)COc1ccccc1. The van der Waals surface area contributed by atoms with Crippen LogP contribution >= 0.6 is 0 Å². The molecule has 0 aliphatic heterocycles. The molecule has 1 rings (SSSR count). The van der Waals surface area contributed by atoms with Crippen molar-refractivity contribution in [2.24, 2.45) is 5.73 Å². The van der Waals surface area contributed by atoms with Crippen molar-refractivity contribution in [3.63, 3.8) is 0 Å². The fraction of sp³-hybridized carbons (Fsp3) is 0.200. The van der Waals surface area contributed by atoms with Gasteiger partial charge in [0.05, 0.1) is 6.33 Å². The first-order valence-electron chi connectivity index (χ1n) is 4.03. The zero-order valence-corrected chi connectivity index (χ0v) is 7.24. The summed E-state index contributed by atoms with van der Waals surface area (Å²) in [5.74, 6) is 0.718. The Bertz CT molecular complexity index is 272. The van der Waals surface area contributed by atoms with Crippen molar-refractivity contribution in [1.29, 1.82) is 0 Å². The van der Waals surface area contributed by atoms with E-state index < -0.39 is 0 Å². The Kier molecular flexibility index (Phi) is 3.99. The summed E-state index contributed by atoms with van der Waals surface area (Å²) in [4.78, 5) is 0. The van der Waals surface area contributed by atoms with Gasteiger partial charge in [-0.05, 0) is 12.1 Å². The van der Waals surface area contributed by atoms with Gasteiger partial charge in [0.2, 0.25) is 0 Å². The molecule has 1 aromatic carbocycles. The first-order chi connectivity index (χ1) is 6.36. The van der Waals surface area contributed by atoms with Crippen molar-refractivity contribution in [3.8, 4) is 5.75 Å². The van der Waals surface area contributed by atoms with Crippen LogP contribution in [0.2, 0.25) is 0 Å². The number of hydrogen-bond donors (Lipinski definition) is 1. The molecule has 0 saturated heterocycles. The Morgan fingerprint density at radius 2 is 2.08 bits per heavy atom. The lowest BCUT2D eigenvalue weighted by atomic mass is 10.3. The van der Waals surface area contributed by atoms with Crippen LogP contribution in [-0.4, -0.2) is 13.2 Å². The van der Waals surface area contributed by atoms with Crippen molar-refractivity contribution in [3.05, 3.63) is 42.2 Å². The van der Waals surface area contributed by atoms with Crippen LogP contribution in [0, 0.1) is 0 Å². The minimum absolute atomic E-state index is 0.184. The Morgan fingerprint density at radius 3 is 2.62 bits per heavy atom. The van der Waals surface area contributed by atoms with Crippen LogP contribution in [-0.2, 0) is 0 Å². The van der Waals surface area contributed by atoms with E-state index in [0.29, 0.717) is 11.9 Å². The average molecular weight is 181 g/mol. The van der Waals surface area contributed by atoms with Gasteiger partial charge in [-0.25, -0.2) is 4.39 Å². The van der Waals surface area contributed by atoms with Gasteiger partial charge in [0.15, 0.2) is 0 Å². The number of hydrogen-bond acceptors (Lipinski definition) is 2. The summed E-state index contributed by atoms with van der Waals surface area (Å²) in [7, 11) is 0. The second-order valence-electron chi connectivity index (χ2n) is 2.57. The third kappa shape index (κ3) is 3.25. The summed E-state index contributed by atoms with van der Waals surface area (Å²) in [6.45, 7) is 0.389. The zero-order chi connectivity index (χ0) is 9.52. The predicted molar refractivity (Wildman–Crippen MR) is 50.2 cm³/mol. The minimum atomic E-state index is 0.184. The van der Waals surface area contributed by atoms with Crippen molar-refractivity contribution < 1.29 is 9.13 Å². The molecule has 0 unspecified atom stereocenters. The molecule has 3 heteroatoms. The molecule has 70 valence electrons. The van der Waals surface area contributed by atoms with E-state index in [1.54, 1.807) is 0 Å². The van der Waals surface area contributed by atoms with Crippen molar-refractivity contribution in [2.75, 3.05) is 13.2 Å². The minimum Gasteiger partial charge on any atom is -0.489 e. The van der Waals surface area contributed by atoms with Gasteiger partial charge >= 0.3 is 0 Å². The third-order valence-electron chi connectivity index (χ3n) is 1.58. The van der Waals surface area contributed by atoms with Crippen LogP contribution in [0.15, 0.2) is 42.2 Å². The first-order valence-corrected chi connectivity index (χ1v) is 4.03. The molecule has 2 nitrogen and oxygen atoms in total. The highest BCUT2D eigenvalue weighted by atomic mass is 19.1. The molecule has 0 aliphatic carbocycles. The van der Waals surface area contributed by atoms with Gasteiger partial charge in [0.1, 0.15) is 12.4 Å². The summed E-state index contributed by atoms with van der Waals surface area (Å²) in [5.41, 5.74) is 5.71. The summed E-state index contributed by atoms with van der Waals surface area (Å²) in [5, 5.41) is 0. The Hall–Kier alpha value is -1.35. The molecule has 0 radical (unpaired) electrons. The van der Waals surface area contributed by atoms with E-state index >= 15 is 0 Å². The molecule has 0 atom stereocenters. The van der Waals surface area contributed by atoms with E-state index in [2.05, 4.69) is 0 Å². The van der Waals surface area contributed by atoms with Crippen LogP contribution in [0.3, 0.4) is 0 Å². The molecule has 0 fully saturated rings. The molecule has 1 aromatic rings. The van der Waals surface area contributed by atoms with Gasteiger partial charge in [-0.3, -0.25) is 0 Å². The fourth-order valence-corrected chi connectivity index (χ4v) is 0.828. The van der Waals surface area contributed by atoms with Crippen molar-refractivity contribution in [1.82, 2.24) is 0 Å². The maximum absolute atomic E-state index is 12.0. The standard InChI is InChI=1S/C10H12FNO/c11-6-9(7-12)8-13-10-4-2-1-3-5-10/h1-6H,7-8,12H2/b9-6-. The molecule has 0 aromatic heterocycles. The van der Waals surface area contributed by atoms with Gasteiger partial charge in [0, 0.05) is 12.1 Å². The molecule has 0 amide bonds. The molecular formula is C10H12FNO. The van der Waals surface area contributed by atoms with E-state index in [-0.39, 0.29) is 13.2 Å². The molecule has 0 bridgehead atoms. The van der Waals surface area contributed by atoms with Crippen LogP contribution in [0.5, 0.6) is 5.75 Å². The monoisotopic (exact) mass is 181 g/mol. The van der Waals surface area contributed by atoms with Crippen LogP contribution < -0.4 is 10.5 Å². The summed E-state index contributed by atoms with van der Waals surface area (Å²) in [6, 6.07) is 9.23. The predicted octanol–water partition coefficient (Wildman–Crippen LogP) is 1.88. The van der Waals surface area contributed by atoms with E-state index in [9.17, 15) is 4.39 Å². The number of ether oxygens (including phenoxy) is 1. The van der Waals surface area contributed by atoms with E-state index in [1.165, 1.54) is 0 Å². The molecule has 13 heavy (non-hydrogen) atoms. The fourth-order valence-electron chi connectivity index (χ4n) is 0.828. The number of halogens is 1. The second kappa shape index (κ2) is 5.32. The average Bonchev–Trinajstić information content (AvgIpc) is 2.21. The number of nitrogens with two attached hydrogens (primary N) is 1. The maximum atomic E-state index is 12.0. The largest absolute Gasteiger partial charge is 0.489 e. The second-order valence-corrected chi connectivity index (χ2v) is 2.57. The van der Waals surface area contributed by atoms with Gasteiger partial charge in [-0.2, -0.15) is 0 Å². The van der Waals surface area contributed by atoms with Crippen LogP contribution in [0.4, 0.5) is 4.39 Å². The number of rotatable bonds is 4. The molecule has 0 saturated carbocycles. The van der Waals surface area contributed by atoms with Crippen molar-refractivity contribution >= 4 is 0 Å². The topological polar surface area (TPSA) is 35.2 Å². The van der Waals surface area contributed by atoms with Crippen molar-refractivity contribution in [2.45, 2.75) is 0 Å². The van der Waals surface area contributed by atoms with E-state index in [0.717, 1.165) is 5.75 Å². The summed E-state index contributed by atoms with van der Waals surface area (Å²) in [6.07, 6.45) is 0.489. The third-order valence-corrected chi connectivity index (χ3v) is 1.58. The Morgan fingerprint density at radius 1 is 1.38 bits per heavy atom. The zero-order valence-electron chi connectivity index (χ0n) is 7.24. The highest BCUT2D eigenvalue weighted by Crippen LogP contribution is 2.09. The highest BCUT2D eigenvalue weighted by molar-refractivity contribution is 5.21. The smallest absolute Gasteiger partial charge is 0.119 e. The molecule has 2 N–H and O–H groups in total. The maximum Gasteiger partial charge on any atom is 0.119 e. The number of para-hydroxylation sites is 1. The van der Waals surface area contributed by atoms with Gasteiger partial charge in [0.25, 0.3) is 0 Å².